The van der Waals surface area contributed by atoms with Crippen LogP contribution in [0.2, 0.25) is 0 Å². The van der Waals surface area contributed by atoms with E-state index in [0.717, 1.165) is 10.8 Å². The largest absolute Gasteiger partial charge is 0.392 e. The van der Waals surface area contributed by atoms with Crippen molar-refractivity contribution in [2.45, 2.75) is 6.54 Å². The van der Waals surface area contributed by atoms with Crippen molar-refractivity contribution < 1.29 is 14.6 Å². The molecule has 0 aliphatic heterocycles. The fourth-order valence-corrected chi connectivity index (χ4v) is 1.60. The number of halogens is 2. The fraction of sp³-hybridized carbons (Fsp3) is 0.333. The van der Waals surface area contributed by atoms with E-state index in [4.69, 9.17) is 10.2 Å². The molecular weight excluding hydrogens is 299 g/mol. The molecule has 1 aromatic rings. The Morgan fingerprint density at radius 3 is 2.53 bits per heavy atom. The number of hydrogen-bond donors (Lipinski definition) is 3. The molecule has 0 amide bonds. The summed E-state index contributed by atoms with van der Waals surface area (Å²) < 4.78 is 14.2. The van der Waals surface area contributed by atoms with E-state index < -0.39 is 30.3 Å². The normalized spacial score (nSPS) is 10.4. The summed E-state index contributed by atoms with van der Waals surface area (Å²) in [7, 11) is 0. The molecule has 1 rings (SSSR count). The van der Waals surface area contributed by atoms with Crippen LogP contribution < -0.4 is 11.2 Å². The van der Waals surface area contributed by atoms with Crippen molar-refractivity contribution in [2.75, 3.05) is 13.2 Å². The van der Waals surface area contributed by atoms with Gasteiger partial charge in [0, 0.05) is 4.48 Å². The Labute approximate surface area is 103 Å². The lowest BCUT2D eigenvalue weighted by Crippen LogP contribution is -2.31. The lowest BCUT2D eigenvalue weighted by Gasteiger charge is -2.07. The van der Waals surface area contributed by atoms with E-state index in [2.05, 4.69) is 15.9 Å². The van der Waals surface area contributed by atoms with Gasteiger partial charge in [0.25, 0.3) is 5.56 Å². The van der Waals surface area contributed by atoms with Crippen molar-refractivity contribution >= 4 is 15.9 Å². The van der Waals surface area contributed by atoms with E-state index in [0.29, 0.717) is 4.48 Å². The number of aliphatic hydroxyl groups is 2. The fourth-order valence-electron chi connectivity index (χ4n) is 1.08. The topological polar surface area (TPSA) is 95.3 Å². The smallest absolute Gasteiger partial charge is 0.328 e. The van der Waals surface area contributed by atoms with Gasteiger partial charge < -0.3 is 10.2 Å². The van der Waals surface area contributed by atoms with Gasteiger partial charge >= 0.3 is 5.69 Å². The summed E-state index contributed by atoms with van der Waals surface area (Å²) in [6.07, 6.45) is 0.759. The number of nitrogens with one attached hydrogen (secondary N) is 1. The van der Waals surface area contributed by atoms with Crippen LogP contribution in [0, 0.1) is 5.82 Å². The van der Waals surface area contributed by atoms with Crippen molar-refractivity contribution in [3.8, 4) is 0 Å². The molecule has 0 aliphatic rings. The monoisotopic (exact) mass is 308 g/mol. The zero-order valence-electron chi connectivity index (χ0n) is 8.61. The van der Waals surface area contributed by atoms with Crippen molar-refractivity contribution in [1.82, 2.24) is 9.55 Å². The summed E-state index contributed by atoms with van der Waals surface area (Å²) in [6.45, 7) is -0.877. The number of aliphatic hydroxyl groups excluding tert-OH is 2. The zero-order valence-corrected chi connectivity index (χ0v) is 10.2. The minimum absolute atomic E-state index is 0.0943. The molecule has 1 aromatic heterocycles. The van der Waals surface area contributed by atoms with Crippen LogP contribution in [0.5, 0.6) is 0 Å². The summed E-state index contributed by atoms with van der Waals surface area (Å²) in [5, 5.41) is 17.8. The molecule has 0 spiro atoms. The Balaban J connectivity index is 3.12. The Morgan fingerprint density at radius 2 is 2.00 bits per heavy atom. The van der Waals surface area contributed by atoms with E-state index >= 15 is 0 Å². The third-order valence-corrected chi connectivity index (χ3v) is 2.85. The standard InChI is InChI=1S/C9H10BrFN2O4/c10-6(5(3-14)4-15)1-13-2-7(11)8(16)12-9(13)17/h2,14-15H,1,3-4H2,(H,12,16,17). The average molecular weight is 309 g/mol. The summed E-state index contributed by atoms with van der Waals surface area (Å²) in [6, 6.07) is 0. The number of aromatic nitrogens is 2. The van der Waals surface area contributed by atoms with Crippen molar-refractivity contribution in [3.63, 3.8) is 0 Å². The van der Waals surface area contributed by atoms with Gasteiger partial charge in [-0.05, 0) is 5.57 Å². The van der Waals surface area contributed by atoms with Crippen LogP contribution in [-0.2, 0) is 6.54 Å². The Kier molecular flexibility index (Phi) is 4.79. The molecule has 0 bridgehead atoms. The van der Waals surface area contributed by atoms with Crippen LogP contribution in [0.3, 0.4) is 0 Å². The highest BCUT2D eigenvalue weighted by Gasteiger charge is 2.07. The highest BCUT2D eigenvalue weighted by Crippen LogP contribution is 2.13. The lowest BCUT2D eigenvalue weighted by atomic mass is 10.3. The summed E-state index contributed by atoms with van der Waals surface area (Å²) >= 11 is 3.06. The van der Waals surface area contributed by atoms with Gasteiger partial charge in [0.15, 0.2) is 0 Å². The third-order valence-electron chi connectivity index (χ3n) is 2.04. The molecule has 0 fully saturated rings. The van der Waals surface area contributed by atoms with E-state index in [1.165, 1.54) is 0 Å². The highest BCUT2D eigenvalue weighted by atomic mass is 79.9. The molecule has 94 valence electrons. The SMILES string of the molecule is O=c1[nH]c(=O)n(CC(Br)=C(CO)CO)cc1F. The molecule has 0 radical (unpaired) electrons. The molecule has 0 aromatic carbocycles. The summed E-state index contributed by atoms with van der Waals surface area (Å²) in [5.41, 5.74) is -1.59. The minimum atomic E-state index is -1.09. The van der Waals surface area contributed by atoms with Crippen molar-refractivity contribution in [2.24, 2.45) is 0 Å². The Morgan fingerprint density at radius 1 is 1.41 bits per heavy atom. The van der Waals surface area contributed by atoms with Gasteiger partial charge in [-0.3, -0.25) is 14.3 Å². The Bertz CT molecular complexity index is 543. The molecule has 3 N–H and O–H groups in total. The van der Waals surface area contributed by atoms with Crippen LogP contribution in [0.1, 0.15) is 0 Å². The van der Waals surface area contributed by atoms with E-state index in [-0.39, 0.29) is 12.1 Å². The van der Waals surface area contributed by atoms with Gasteiger partial charge in [-0.25, -0.2) is 4.79 Å². The third kappa shape index (κ3) is 3.35. The van der Waals surface area contributed by atoms with Gasteiger partial charge in [-0.15, -0.1) is 0 Å². The first kappa shape index (κ1) is 13.8. The minimum Gasteiger partial charge on any atom is -0.392 e. The molecule has 0 aliphatic carbocycles. The predicted molar refractivity (Wildman–Crippen MR) is 61.4 cm³/mol. The van der Waals surface area contributed by atoms with Crippen LogP contribution in [0.25, 0.3) is 0 Å². The molecular formula is C9H10BrFN2O4. The van der Waals surface area contributed by atoms with Crippen molar-refractivity contribution in [3.05, 3.63) is 42.9 Å². The molecule has 0 atom stereocenters. The van der Waals surface area contributed by atoms with E-state index in [9.17, 15) is 14.0 Å². The first-order valence-electron chi connectivity index (χ1n) is 4.57. The second-order valence-corrected chi connectivity index (χ2v) is 4.15. The molecule has 8 heteroatoms. The van der Waals surface area contributed by atoms with E-state index in [1.807, 2.05) is 0 Å². The second kappa shape index (κ2) is 5.89. The Hall–Kier alpha value is -1.25. The quantitative estimate of drug-likeness (QED) is 0.686. The predicted octanol–water partition coefficient (Wildman–Crippen LogP) is -0.691. The number of H-pyrrole nitrogens is 1. The molecule has 1 heterocycles. The average Bonchev–Trinajstić information content (AvgIpc) is 2.27. The van der Waals surface area contributed by atoms with Gasteiger partial charge in [0.05, 0.1) is 26.0 Å². The molecule has 17 heavy (non-hydrogen) atoms. The van der Waals surface area contributed by atoms with Crippen LogP contribution >= 0.6 is 15.9 Å². The van der Waals surface area contributed by atoms with Gasteiger partial charge in [-0.2, -0.15) is 4.39 Å². The number of aromatic amines is 1. The van der Waals surface area contributed by atoms with Gasteiger partial charge in [-0.1, -0.05) is 15.9 Å². The number of rotatable bonds is 4. The second-order valence-electron chi connectivity index (χ2n) is 3.19. The number of allylic oxidation sites excluding steroid dienone is 1. The summed E-state index contributed by atoms with van der Waals surface area (Å²) in [5.74, 6) is -1.08. The maximum absolute atomic E-state index is 12.9. The molecule has 0 saturated carbocycles. The number of nitrogens with zero attached hydrogens (tertiary/aromatic N) is 1. The van der Waals surface area contributed by atoms with Crippen LogP contribution in [-0.4, -0.2) is 33.0 Å². The van der Waals surface area contributed by atoms with Gasteiger partial charge in [0.2, 0.25) is 5.82 Å². The van der Waals surface area contributed by atoms with Crippen molar-refractivity contribution in [1.29, 1.82) is 0 Å². The van der Waals surface area contributed by atoms with E-state index in [1.54, 1.807) is 4.98 Å². The van der Waals surface area contributed by atoms with Crippen LogP contribution in [0.4, 0.5) is 4.39 Å². The highest BCUT2D eigenvalue weighted by molar-refractivity contribution is 9.11. The molecule has 0 unspecified atom stereocenters. The zero-order chi connectivity index (χ0) is 13.0. The lowest BCUT2D eigenvalue weighted by molar-refractivity contribution is 0.275. The first-order chi connectivity index (χ1) is 7.99. The maximum Gasteiger partial charge on any atom is 0.328 e. The summed E-state index contributed by atoms with van der Waals surface area (Å²) in [4.78, 5) is 23.9. The van der Waals surface area contributed by atoms with Gasteiger partial charge in [0.1, 0.15) is 0 Å². The van der Waals surface area contributed by atoms with Crippen LogP contribution in [0.15, 0.2) is 25.8 Å². The maximum atomic E-state index is 12.9. The molecule has 0 saturated heterocycles. The first-order valence-corrected chi connectivity index (χ1v) is 5.36. The number of hydrogen-bond acceptors (Lipinski definition) is 4. The molecule has 6 nitrogen and oxygen atoms in total.